The number of nitrogens with one attached hydrogen (secondary N) is 1. The molecular weight excluding hydrogens is 226 g/mol. The molecule has 1 aromatic rings. The molecule has 0 atom stereocenters. The first kappa shape index (κ1) is 11.3. The summed E-state index contributed by atoms with van der Waals surface area (Å²) < 4.78 is 0. The van der Waals surface area contributed by atoms with E-state index in [2.05, 4.69) is 11.4 Å². The minimum Gasteiger partial charge on any atom is -0.316 e. The summed E-state index contributed by atoms with van der Waals surface area (Å²) in [5.41, 5.74) is 0. The highest BCUT2D eigenvalue weighted by Crippen LogP contribution is 2.28. The molecule has 0 amide bonds. The topological polar surface area (TPSA) is 12.0 Å². The van der Waals surface area contributed by atoms with Gasteiger partial charge in [-0.2, -0.15) is 0 Å². The summed E-state index contributed by atoms with van der Waals surface area (Å²) in [7, 11) is 0. The Bertz CT molecular complexity index is 312. The van der Waals surface area contributed by atoms with Crippen molar-refractivity contribution in [3.05, 3.63) is 29.3 Å². The third-order valence-corrected chi connectivity index (χ3v) is 4.02. The monoisotopic (exact) mass is 241 g/mol. The molecule has 1 aliphatic rings. The van der Waals surface area contributed by atoms with E-state index in [0.717, 1.165) is 23.2 Å². The van der Waals surface area contributed by atoms with Gasteiger partial charge < -0.3 is 5.32 Å². The number of rotatable bonds is 6. The quantitative estimate of drug-likeness (QED) is 0.605. The Morgan fingerprint density at radius 2 is 2.13 bits per heavy atom. The van der Waals surface area contributed by atoms with Gasteiger partial charge in [0.1, 0.15) is 0 Å². The minimum absolute atomic E-state index is 0.865. The van der Waals surface area contributed by atoms with Gasteiger partial charge in [0.05, 0.1) is 5.02 Å². The molecule has 0 spiro atoms. The van der Waals surface area contributed by atoms with Crippen LogP contribution in [0.2, 0.25) is 5.02 Å². The molecule has 0 aliphatic heterocycles. The number of hydrogen-bond donors (Lipinski definition) is 1. The maximum atomic E-state index is 6.06. The highest BCUT2D eigenvalue weighted by Gasteiger charge is 2.19. The van der Waals surface area contributed by atoms with Crippen LogP contribution in [0, 0.1) is 5.92 Å². The largest absolute Gasteiger partial charge is 0.316 e. The van der Waals surface area contributed by atoms with Crippen LogP contribution in [0.1, 0.15) is 12.8 Å². The maximum Gasteiger partial charge on any atom is 0.0541 e. The Hall–Kier alpha value is -0.180. The lowest BCUT2D eigenvalue weighted by molar-refractivity contribution is 0.666. The minimum atomic E-state index is 0.865. The van der Waals surface area contributed by atoms with Crippen LogP contribution in [-0.4, -0.2) is 18.8 Å². The van der Waals surface area contributed by atoms with E-state index in [4.69, 9.17) is 11.6 Å². The van der Waals surface area contributed by atoms with Crippen LogP contribution in [0.25, 0.3) is 0 Å². The summed E-state index contributed by atoms with van der Waals surface area (Å²) in [6.45, 7) is 2.27. The molecule has 1 aliphatic carbocycles. The van der Waals surface area contributed by atoms with Crippen molar-refractivity contribution < 1.29 is 0 Å². The lowest BCUT2D eigenvalue weighted by Gasteiger charge is -2.04. The number of halogens is 1. The molecule has 0 aromatic heterocycles. The molecule has 1 saturated carbocycles. The average molecular weight is 242 g/mol. The second-order valence-electron chi connectivity index (χ2n) is 3.93. The van der Waals surface area contributed by atoms with Crippen molar-refractivity contribution >= 4 is 23.4 Å². The normalized spacial score (nSPS) is 15.5. The third-order valence-electron chi connectivity index (χ3n) is 2.50. The van der Waals surface area contributed by atoms with Gasteiger partial charge in [-0.1, -0.05) is 23.7 Å². The molecule has 0 saturated heterocycles. The van der Waals surface area contributed by atoms with Gasteiger partial charge in [-0.15, -0.1) is 11.8 Å². The Balaban J connectivity index is 1.62. The van der Waals surface area contributed by atoms with Crippen LogP contribution in [0.4, 0.5) is 0 Å². The number of thioether (sulfide) groups is 1. The zero-order valence-electron chi connectivity index (χ0n) is 8.71. The molecule has 1 nitrogen and oxygen atoms in total. The molecule has 3 heteroatoms. The van der Waals surface area contributed by atoms with Crippen LogP contribution in [0.3, 0.4) is 0 Å². The van der Waals surface area contributed by atoms with Crippen LogP contribution < -0.4 is 5.32 Å². The second-order valence-corrected chi connectivity index (χ2v) is 5.47. The van der Waals surface area contributed by atoms with Gasteiger partial charge in [-0.05, 0) is 37.4 Å². The summed E-state index contributed by atoms with van der Waals surface area (Å²) in [6, 6.07) is 8.03. The number of hydrogen-bond acceptors (Lipinski definition) is 2. The highest BCUT2D eigenvalue weighted by atomic mass is 35.5. The lowest BCUT2D eigenvalue weighted by Crippen LogP contribution is -2.19. The highest BCUT2D eigenvalue weighted by molar-refractivity contribution is 7.99. The van der Waals surface area contributed by atoms with Crippen LogP contribution >= 0.6 is 23.4 Å². The van der Waals surface area contributed by atoms with Gasteiger partial charge in [-0.3, -0.25) is 0 Å². The number of benzene rings is 1. The Morgan fingerprint density at radius 3 is 2.87 bits per heavy atom. The SMILES string of the molecule is Clc1ccccc1SCCNCC1CC1. The smallest absolute Gasteiger partial charge is 0.0541 e. The molecule has 1 N–H and O–H groups in total. The lowest BCUT2D eigenvalue weighted by atomic mass is 10.4. The standard InChI is InChI=1S/C12H16ClNS/c13-11-3-1-2-4-12(11)15-8-7-14-9-10-5-6-10/h1-4,10,14H,5-9H2. The first-order valence-corrected chi connectivity index (χ1v) is 6.80. The second kappa shape index (κ2) is 5.78. The molecule has 0 unspecified atom stereocenters. The average Bonchev–Trinajstić information content (AvgIpc) is 3.04. The summed E-state index contributed by atoms with van der Waals surface area (Å²) in [5, 5.41) is 4.34. The summed E-state index contributed by atoms with van der Waals surface area (Å²) in [4.78, 5) is 1.19. The summed E-state index contributed by atoms with van der Waals surface area (Å²) in [6.07, 6.45) is 2.84. The fourth-order valence-corrected chi connectivity index (χ4v) is 2.57. The Morgan fingerprint density at radius 1 is 1.33 bits per heavy atom. The van der Waals surface area contributed by atoms with Crippen molar-refractivity contribution in [2.45, 2.75) is 17.7 Å². The van der Waals surface area contributed by atoms with Gasteiger partial charge in [0.15, 0.2) is 0 Å². The summed E-state index contributed by atoms with van der Waals surface area (Å²) >= 11 is 7.88. The van der Waals surface area contributed by atoms with E-state index >= 15 is 0 Å². The van der Waals surface area contributed by atoms with E-state index in [9.17, 15) is 0 Å². The first-order valence-electron chi connectivity index (χ1n) is 5.44. The van der Waals surface area contributed by atoms with Crippen LogP contribution in [0.5, 0.6) is 0 Å². The molecule has 82 valence electrons. The van der Waals surface area contributed by atoms with Crippen molar-refractivity contribution in [3.8, 4) is 0 Å². The van der Waals surface area contributed by atoms with Crippen molar-refractivity contribution in [1.82, 2.24) is 5.32 Å². The Kier molecular flexibility index (Phi) is 4.36. The predicted octanol–water partition coefficient (Wildman–Crippen LogP) is 3.43. The molecule has 0 bridgehead atoms. The molecule has 15 heavy (non-hydrogen) atoms. The Labute approximate surface area is 101 Å². The fraction of sp³-hybridized carbons (Fsp3) is 0.500. The van der Waals surface area contributed by atoms with Gasteiger partial charge in [0.2, 0.25) is 0 Å². The van der Waals surface area contributed by atoms with E-state index in [0.29, 0.717) is 0 Å². The van der Waals surface area contributed by atoms with Gasteiger partial charge in [-0.25, -0.2) is 0 Å². The fourth-order valence-electron chi connectivity index (χ4n) is 1.42. The van der Waals surface area contributed by atoms with E-state index in [1.165, 1.54) is 24.3 Å². The van der Waals surface area contributed by atoms with Gasteiger partial charge in [0, 0.05) is 17.2 Å². The summed E-state index contributed by atoms with van der Waals surface area (Å²) in [5.74, 6) is 2.06. The van der Waals surface area contributed by atoms with Crippen molar-refractivity contribution in [2.24, 2.45) is 5.92 Å². The van der Waals surface area contributed by atoms with Crippen LogP contribution in [0.15, 0.2) is 29.2 Å². The zero-order valence-corrected chi connectivity index (χ0v) is 10.3. The van der Waals surface area contributed by atoms with Gasteiger partial charge in [0.25, 0.3) is 0 Å². The van der Waals surface area contributed by atoms with E-state index < -0.39 is 0 Å². The van der Waals surface area contributed by atoms with E-state index in [1.807, 2.05) is 30.0 Å². The molecule has 0 radical (unpaired) electrons. The molecule has 0 heterocycles. The van der Waals surface area contributed by atoms with E-state index in [1.54, 1.807) is 0 Å². The first-order chi connectivity index (χ1) is 7.36. The zero-order chi connectivity index (χ0) is 10.5. The molecule has 1 aromatic carbocycles. The van der Waals surface area contributed by atoms with Crippen molar-refractivity contribution in [3.63, 3.8) is 0 Å². The third kappa shape index (κ3) is 4.06. The maximum absolute atomic E-state index is 6.06. The molecular formula is C12H16ClNS. The molecule has 1 fully saturated rings. The molecule has 2 rings (SSSR count). The van der Waals surface area contributed by atoms with Gasteiger partial charge >= 0.3 is 0 Å². The van der Waals surface area contributed by atoms with Crippen LogP contribution in [-0.2, 0) is 0 Å². The van der Waals surface area contributed by atoms with Crippen molar-refractivity contribution in [2.75, 3.05) is 18.8 Å². The predicted molar refractivity (Wildman–Crippen MR) is 67.8 cm³/mol. The van der Waals surface area contributed by atoms with E-state index in [-0.39, 0.29) is 0 Å². The van der Waals surface area contributed by atoms with Crippen molar-refractivity contribution in [1.29, 1.82) is 0 Å².